The number of nitrogens with zero attached hydrogens (tertiary/aromatic N) is 2. The van der Waals surface area contributed by atoms with Gasteiger partial charge in [0.2, 0.25) is 0 Å². The van der Waals surface area contributed by atoms with Crippen LogP contribution >= 0.6 is 0 Å². The molecule has 2 amide bonds. The van der Waals surface area contributed by atoms with E-state index in [1.54, 1.807) is 24.3 Å². The highest BCUT2D eigenvalue weighted by Gasteiger charge is 2.12. The monoisotopic (exact) mass is 313 g/mol. The summed E-state index contributed by atoms with van der Waals surface area (Å²) in [6.45, 7) is 4.54. The molecule has 0 aliphatic heterocycles. The van der Waals surface area contributed by atoms with Crippen LogP contribution in [0, 0.1) is 0 Å². The lowest BCUT2D eigenvalue weighted by atomic mass is 10.2. The summed E-state index contributed by atoms with van der Waals surface area (Å²) in [6, 6.07) is 11.2. The molecule has 0 unspecified atom stereocenters. The van der Waals surface area contributed by atoms with Gasteiger partial charge in [-0.3, -0.25) is 4.98 Å². The number of carbonyl (C=O) groups is 1. The van der Waals surface area contributed by atoms with E-state index in [1.807, 2.05) is 50.2 Å². The van der Waals surface area contributed by atoms with E-state index in [9.17, 15) is 4.79 Å². The smallest absolute Gasteiger partial charge is 0.321 e. The second-order valence-corrected chi connectivity index (χ2v) is 5.62. The summed E-state index contributed by atoms with van der Waals surface area (Å²) < 4.78 is 5.72. The summed E-state index contributed by atoms with van der Waals surface area (Å²) in [5.41, 5.74) is 1.84. The molecule has 0 spiro atoms. The van der Waals surface area contributed by atoms with Crippen molar-refractivity contribution in [2.45, 2.75) is 26.4 Å². The Bertz CT molecular complexity index is 629. The number of carbonyl (C=O) groups excluding carboxylic acids is 1. The molecule has 2 aromatic rings. The quantitative estimate of drug-likeness (QED) is 0.887. The first kappa shape index (κ1) is 16.8. The Labute approximate surface area is 137 Å². The fourth-order valence-corrected chi connectivity index (χ4v) is 2.09. The molecule has 5 nitrogen and oxygen atoms in total. The number of nitrogens with one attached hydrogen (secondary N) is 1. The third kappa shape index (κ3) is 5.29. The summed E-state index contributed by atoms with van der Waals surface area (Å²) in [5.74, 6) is 0.679. The summed E-state index contributed by atoms with van der Waals surface area (Å²) in [5, 5.41) is 2.90. The first-order valence-electron chi connectivity index (χ1n) is 7.73. The largest absolute Gasteiger partial charge is 0.489 e. The Kier molecular flexibility index (Phi) is 5.97. The zero-order chi connectivity index (χ0) is 16.7. The summed E-state index contributed by atoms with van der Waals surface area (Å²) in [6.07, 6.45) is 4.36. The van der Waals surface area contributed by atoms with Crippen molar-refractivity contribution >= 4 is 11.7 Å². The molecule has 0 aliphatic carbocycles. The van der Waals surface area contributed by atoms with Gasteiger partial charge in [-0.25, -0.2) is 4.79 Å². The lowest BCUT2D eigenvalue weighted by molar-refractivity contribution is 0.222. The lowest BCUT2D eigenvalue weighted by Gasteiger charge is -2.20. The normalized spacial score (nSPS) is 10.4. The Morgan fingerprint density at radius 3 is 2.61 bits per heavy atom. The third-order valence-corrected chi connectivity index (χ3v) is 3.32. The molecular weight excluding hydrogens is 290 g/mol. The number of benzene rings is 1. The zero-order valence-corrected chi connectivity index (χ0v) is 13.8. The average molecular weight is 313 g/mol. The highest BCUT2D eigenvalue weighted by Crippen LogP contribution is 2.25. The van der Waals surface area contributed by atoms with E-state index < -0.39 is 0 Å². The van der Waals surface area contributed by atoms with Crippen LogP contribution in [0.15, 0.2) is 48.8 Å². The van der Waals surface area contributed by atoms with E-state index in [1.165, 1.54) is 0 Å². The number of ether oxygens (including phenoxy) is 1. The molecule has 122 valence electrons. The molecule has 5 heteroatoms. The second kappa shape index (κ2) is 8.17. The van der Waals surface area contributed by atoms with Gasteiger partial charge in [0.25, 0.3) is 0 Å². The van der Waals surface area contributed by atoms with Gasteiger partial charge >= 0.3 is 6.03 Å². The van der Waals surface area contributed by atoms with Crippen LogP contribution in [0.1, 0.15) is 19.4 Å². The number of pyridine rings is 1. The van der Waals surface area contributed by atoms with Crippen molar-refractivity contribution in [3.63, 3.8) is 0 Å². The Morgan fingerprint density at radius 2 is 1.91 bits per heavy atom. The number of hydrogen-bond acceptors (Lipinski definition) is 3. The van der Waals surface area contributed by atoms with E-state index in [0.29, 0.717) is 18.0 Å². The first-order valence-corrected chi connectivity index (χ1v) is 7.73. The van der Waals surface area contributed by atoms with Crippen LogP contribution in [0.25, 0.3) is 0 Å². The average Bonchev–Trinajstić information content (AvgIpc) is 2.55. The Morgan fingerprint density at radius 1 is 1.22 bits per heavy atom. The van der Waals surface area contributed by atoms with Crippen LogP contribution in [0.2, 0.25) is 0 Å². The van der Waals surface area contributed by atoms with Gasteiger partial charge in [0.1, 0.15) is 5.75 Å². The number of anilines is 1. The van der Waals surface area contributed by atoms with E-state index in [4.69, 9.17) is 4.74 Å². The van der Waals surface area contributed by atoms with Crippen LogP contribution in [0.4, 0.5) is 10.5 Å². The maximum atomic E-state index is 12.3. The minimum atomic E-state index is -0.154. The van der Waals surface area contributed by atoms with Crippen LogP contribution in [-0.2, 0) is 6.42 Å². The molecular formula is C18H23N3O2. The van der Waals surface area contributed by atoms with Crippen molar-refractivity contribution in [1.29, 1.82) is 0 Å². The molecule has 0 saturated heterocycles. The number of likely N-dealkylation sites (N-methyl/N-ethyl adjacent to an activating group) is 1. The summed E-state index contributed by atoms with van der Waals surface area (Å²) >= 11 is 0. The van der Waals surface area contributed by atoms with Crippen LogP contribution in [-0.4, -0.2) is 35.6 Å². The number of aromatic nitrogens is 1. The highest BCUT2D eigenvalue weighted by molar-refractivity contribution is 5.90. The van der Waals surface area contributed by atoms with Gasteiger partial charge in [0, 0.05) is 26.0 Å². The number of rotatable bonds is 6. The van der Waals surface area contributed by atoms with Gasteiger partial charge < -0.3 is 15.0 Å². The first-order chi connectivity index (χ1) is 11.1. The minimum absolute atomic E-state index is 0.0532. The minimum Gasteiger partial charge on any atom is -0.489 e. The van der Waals surface area contributed by atoms with Gasteiger partial charge in [-0.05, 0) is 50.1 Å². The Balaban J connectivity index is 1.93. The van der Waals surface area contributed by atoms with E-state index in [0.717, 1.165) is 12.0 Å². The molecule has 23 heavy (non-hydrogen) atoms. The number of amides is 2. The molecule has 0 atom stereocenters. The maximum Gasteiger partial charge on any atom is 0.321 e. The molecule has 1 aromatic carbocycles. The van der Waals surface area contributed by atoms with Gasteiger partial charge in [0.05, 0.1) is 11.8 Å². The standard InChI is InChI=1S/C18H23N3O2/c1-14(2)23-17-7-5-4-6-16(17)20-18(22)21(3)13-10-15-8-11-19-12-9-15/h4-9,11-12,14H,10,13H2,1-3H3,(H,20,22). The number of para-hydroxylation sites is 2. The summed E-state index contributed by atoms with van der Waals surface area (Å²) in [4.78, 5) is 18.0. The number of urea groups is 1. The van der Waals surface area contributed by atoms with Crippen molar-refractivity contribution in [3.8, 4) is 5.75 Å². The molecule has 0 bridgehead atoms. The van der Waals surface area contributed by atoms with E-state index in [-0.39, 0.29) is 12.1 Å². The second-order valence-electron chi connectivity index (χ2n) is 5.62. The van der Waals surface area contributed by atoms with Crippen LogP contribution in [0.3, 0.4) is 0 Å². The van der Waals surface area contributed by atoms with Crippen molar-refractivity contribution in [1.82, 2.24) is 9.88 Å². The fraction of sp³-hybridized carbons (Fsp3) is 0.333. The summed E-state index contributed by atoms with van der Waals surface area (Å²) in [7, 11) is 1.78. The zero-order valence-electron chi connectivity index (χ0n) is 13.8. The predicted molar refractivity (Wildman–Crippen MR) is 91.8 cm³/mol. The molecule has 0 fully saturated rings. The van der Waals surface area contributed by atoms with Crippen molar-refractivity contribution < 1.29 is 9.53 Å². The van der Waals surface area contributed by atoms with Gasteiger partial charge in [0.15, 0.2) is 0 Å². The third-order valence-electron chi connectivity index (χ3n) is 3.32. The van der Waals surface area contributed by atoms with Crippen molar-refractivity contribution in [2.75, 3.05) is 18.9 Å². The fourth-order valence-electron chi connectivity index (χ4n) is 2.09. The molecule has 1 heterocycles. The predicted octanol–water partition coefficient (Wildman–Crippen LogP) is 3.58. The number of hydrogen-bond donors (Lipinski definition) is 1. The molecule has 1 aromatic heterocycles. The molecule has 0 saturated carbocycles. The lowest BCUT2D eigenvalue weighted by Crippen LogP contribution is -2.33. The molecule has 2 rings (SSSR count). The van der Waals surface area contributed by atoms with Crippen LogP contribution in [0.5, 0.6) is 5.75 Å². The Hall–Kier alpha value is -2.56. The van der Waals surface area contributed by atoms with Crippen LogP contribution < -0.4 is 10.1 Å². The highest BCUT2D eigenvalue weighted by atomic mass is 16.5. The van der Waals surface area contributed by atoms with Crippen molar-refractivity contribution in [2.24, 2.45) is 0 Å². The topological polar surface area (TPSA) is 54.5 Å². The van der Waals surface area contributed by atoms with E-state index >= 15 is 0 Å². The maximum absolute atomic E-state index is 12.3. The molecule has 1 N–H and O–H groups in total. The van der Waals surface area contributed by atoms with Gasteiger partial charge in [-0.15, -0.1) is 0 Å². The SMILES string of the molecule is CC(C)Oc1ccccc1NC(=O)N(C)CCc1ccncc1. The van der Waals surface area contributed by atoms with E-state index in [2.05, 4.69) is 10.3 Å². The van der Waals surface area contributed by atoms with Gasteiger partial charge in [-0.1, -0.05) is 12.1 Å². The van der Waals surface area contributed by atoms with Gasteiger partial charge in [-0.2, -0.15) is 0 Å². The molecule has 0 aliphatic rings. The van der Waals surface area contributed by atoms with Crippen molar-refractivity contribution in [3.05, 3.63) is 54.4 Å². The molecule has 0 radical (unpaired) electrons.